The van der Waals surface area contributed by atoms with Crippen molar-refractivity contribution in [1.29, 1.82) is 0 Å². The van der Waals surface area contributed by atoms with Gasteiger partial charge in [0.15, 0.2) is 0 Å². The van der Waals surface area contributed by atoms with Crippen LogP contribution < -0.4 is 5.32 Å². The molecule has 0 aliphatic rings. The Labute approximate surface area is 342 Å². The molecule has 0 aliphatic carbocycles. The molecular weight excluding hydrogens is 683 g/mol. The molecule has 0 fully saturated rings. The largest absolute Gasteiger partial charge is 0.466 e. The Morgan fingerprint density at radius 2 is 0.836 bits per heavy atom. The molecule has 0 saturated heterocycles. The maximum atomic E-state index is 12.4. The van der Waals surface area contributed by atoms with Crippen molar-refractivity contribution < 1.29 is 24.5 Å². The molecule has 0 bridgehead atoms. The minimum atomic E-state index is -0.856. The van der Waals surface area contributed by atoms with E-state index in [2.05, 4.69) is 19.2 Å². The number of carbonyl (C=O) groups is 2. The molecule has 1 amide bonds. The van der Waals surface area contributed by atoms with Gasteiger partial charge in [0.05, 0.1) is 25.4 Å². The normalized spacial score (nSPS) is 12.7. The minimum absolute atomic E-state index is 0.0182. The molecule has 0 aromatic carbocycles. The molecule has 0 rings (SSSR count). The Balaban J connectivity index is 3.49. The van der Waals surface area contributed by atoms with Crippen molar-refractivity contribution in [2.75, 3.05) is 13.2 Å². The summed E-state index contributed by atoms with van der Waals surface area (Å²) in [6.45, 7) is 4.85. The Hall–Kier alpha value is -1.40. The molecule has 0 saturated carbocycles. The van der Waals surface area contributed by atoms with Gasteiger partial charge in [0, 0.05) is 12.8 Å². The van der Waals surface area contributed by atoms with Crippen molar-refractivity contribution >= 4 is 11.9 Å². The predicted octanol–water partition coefficient (Wildman–Crippen LogP) is 14.2. The number of carbonyl (C=O) groups excluding carboxylic acids is 2. The van der Waals surface area contributed by atoms with Gasteiger partial charge in [-0.3, -0.25) is 9.59 Å². The van der Waals surface area contributed by atoms with Crippen molar-refractivity contribution in [2.24, 2.45) is 0 Å². The Morgan fingerprint density at radius 1 is 0.491 bits per heavy atom. The van der Waals surface area contributed by atoms with Gasteiger partial charge in [0.1, 0.15) is 0 Å². The molecule has 3 N–H and O–H groups in total. The number of ether oxygens (including phenoxy) is 1. The van der Waals surface area contributed by atoms with E-state index in [0.717, 1.165) is 57.8 Å². The highest BCUT2D eigenvalue weighted by Gasteiger charge is 2.18. The second-order valence-corrected chi connectivity index (χ2v) is 16.8. The third-order valence-corrected chi connectivity index (χ3v) is 11.3. The van der Waals surface area contributed by atoms with Gasteiger partial charge in [-0.25, -0.2) is 0 Å². The van der Waals surface area contributed by atoms with E-state index in [-0.39, 0.29) is 18.5 Å². The van der Waals surface area contributed by atoms with E-state index in [0.29, 0.717) is 19.4 Å². The molecule has 2 atom stereocenters. The van der Waals surface area contributed by atoms with E-state index < -0.39 is 12.1 Å². The lowest BCUT2D eigenvalue weighted by Crippen LogP contribution is -2.45. The summed E-state index contributed by atoms with van der Waals surface area (Å²) in [5.41, 5.74) is 0. The second kappa shape index (κ2) is 45.3. The molecule has 0 radical (unpaired) electrons. The van der Waals surface area contributed by atoms with E-state index in [4.69, 9.17) is 4.74 Å². The zero-order chi connectivity index (χ0) is 40.1. The monoisotopic (exact) mass is 778 g/mol. The van der Waals surface area contributed by atoms with Crippen LogP contribution in [0.15, 0.2) is 12.2 Å². The molecule has 55 heavy (non-hydrogen) atoms. The Bertz CT molecular complexity index is 817. The summed E-state index contributed by atoms with van der Waals surface area (Å²) in [5, 5.41) is 23.0. The molecular formula is C49H95NO5. The summed E-state index contributed by atoms with van der Waals surface area (Å²) in [5.74, 6) is -0.108. The molecule has 6 nitrogen and oxygen atoms in total. The maximum Gasteiger partial charge on any atom is 0.305 e. The number of nitrogens with one attached hydrogen (secondary N) is 1. The highest BCUT2D eigenvalue weighted by Crippen LogP contribution is 2.16. The average molecular weight is 778 g/mol. The van der Waals surface area contributed by atoms with Gasteiger partial charge in [0.2, 0.25) is 5.91 Å². The minimum Gasteiger partial charge on any atom is -0.466 e. The van der Waals surface area contributed by atoms with E-state index in [1.54, 1.807) is 6.08 Å². The van der Waals surface area contributed by atoms with E-state index in [1.165, 1.54) is 180 Å². The van der Waals surface area contributed by atoms with Crippen LogP contribution in [-0.4, -0.2) is 47.4 Å². The topological polar surface area (TPSA) is 95.9 Å². The summed E-state index contributed by atoms with van der Waals surface area (Å²) < 4.78 is 5.45. The lowest BCUT2D eigenvalue weighted by Gasteiger charge is -2.20. The first-order valence-corrected chi connectivity index (χ1v) is 24.5. The van der Waals surface area contributed by atoms with Crippen molar-refractivity contribution in [1.82, 2.24) is 5.32 Å². The molecule has 0 heterocycles. The highest BCUT2D eigenvalue weighted by molar-refractivity contribution is 5.76. The predicted molar refractivity (Wildman–Crippen MR) is 237 cm³/mol. The number of unbranched alkanes of at least 4 members (excludes halogenated alkanes) is 34. The number of allylic oxidation sites excluding steroid dienone is 1. The Kier molecular flexibility index (Phi) is 44.2. The van der Waals surface area contributed by atoms with Crippen molar-refractivity contribution in [2.45, 2.75) is 276 Å². The SMILES string of the molecule is CCCCCCCCCCCCC/C=C/C(O)C(CO)NC(=O)CCCCCCCCCCCCOC(=O)CCCCCCCCCCCCCCCCC. The maximum absolute atomic E-state index is 12.4. The van der Waals surface area contributed by atoms with Crippen molar-refractivity contribution in [3.8, 4) is 0 Å². The summed E-state index contributed by atoms with van der Waals surface area (Å²) in [6, 6.07) is -0.642. The smallest absolute Gasteiger partial charge is 0.305 e. The third kappa shape index (κ3) is 42.0. The van der Waals surface area contributed by atoms with E-state index in [9.17, 15) is 19.8 Å². The lowest BCUT2D eigenvalue weighted by molar-refractivity contribution is -0.143. The molecule has 6 heteroatoms. The molecule has 0 aliphatic heterocycles. The standard InChI is InChI=1S/C49H95NO5/c1-3-5-7-9-11-13-15-17-18-20-22-27-31-35-39-43-49(54)55-44-40-36-32-28-24-23-26-30-34-38-42-48(53)50-46(45-51)47(52)41-37-33-29-25-21-19-16-14-12-10-8-6-4-2/h37,41,46-47,51-52H,3-36,38-40,42-45H2,1-2H3,(H,50,53)/b41-37+. The van der Waals surface area contributed by atoms with Crippen LogP contribution in [0, 0.1) is 0 Å². The number of hydrogen-bond donors (Lipinski definition) is 3. The highest BCUT2D eigenvalue weighted by atomic mass is 16.5. The summed E-state index contributed by atoms with van der Waals surface area (Å²) in [6.07, 6.45) is 50.6. The molecule has 2 unspecified atom stereocenters. The fourth-order valence-electron chi connectivity index (χ4n) is 7.51. The second-order valence-electron chi connectivity index (χ2n) is 16.8. The lowest BCUT2D eigenvalue weighted by atomic mass is 10.0. The first kappa shape index (κ1) is 53.6. The number of rotatable bonds is 45. The molecule has 0 aromatic heterocycles. The van der Waals surface area contributed by atoms with Crippen LogP contribution >= 0.6 is 0 Å². The van der Waals surface area contributed by atoms with Gasteiger partial charge in [-0.15, -0.1) is 0 Å². The van der Waals surface area contributed by atoms with Crippen LogP contribution in [0.2, 0.25) is 0 Å². The van der Waals surface area contributed by atoms with Crippen LogP contribution in [0.1, 0.15) is 264 Å². The number of hydrogen-bond acceptors (Lipinski definition) is 5. The van der Waals surface area contributed by atoms with Gasteiger partial charge in [0.25, 0.3) is 0 Å². The number of aliphatic hydroxyl groups excluding tert-OH is 2. The summed E-state index contributed by atoms with van der Waals surface area (Å²) >= 11 is 0. The van der Waals surface area contributed by atoms with Gasteiger partial charge in [-0.05, 0) is 32.1 Å². The van der Waals surface area contributed by atoms with Crippen LogP contribution in [0.25, 0.3) is 0 Å². The zero-order valence-electron chi connectivity index (χ0n) is 36.9. The summed E-state index contributed by atoms with van der Waals surface area (Å²) in [4.78, 5) is 24.4. The van der Waals surface area contributed by atoms with E-state index >= 15 is 0 Å². The van der Waals surface area contributed by atoms with Crippen LogP contribution in [0.5, 0.6) is 0 Å². The quantitative estimate of drug-likeness (QED) is 0.0325. The molecule has 326 valence electrons. The number of aliphatic hydroxyl groups is 2. The van der Waals surface area contributed by atoms with Gasteiger partial charge in [-0.2, -0.15) is 0 Å². The van der Waals surface area contributed by atoms with Gasteiger partial charge in [-0.1, -0.05) is 231 Å². The van der Waals surface area contributed by atoms with Crippen LogP contribution in [-0.2, 0) is 14.3 Å². The van der Waals surface area contributed by atoms with E-state index in [1.807, 2.05) is 6.08 Å². The fraction of sp³-hybridized carbons (Fsp3) is 0.918. The molecule has 0 spiro atoms. The van der Waals surface area contributed by atoms with Crippen molar-refractivity contribution in [3.63, 3.8) is 0 Å². The van der Waals surface area contributed by atoms with Gasteiger partial charge < -0.3 is 20.3 Å². The average Bonchev–Trinajstić information content (AvgIpc) is 3.18. The summed E-state index contributed by atoms with van der Waals surface area (Å²) in [7, 11) is 0. The zero-order valence-corrected chi connectivity index (χ0v) is 36.9. The van der Waals surface area contributed by atoms with Crippen molar-refractivity contribution in [3.05, 3.63) is 12.2 Å². The first-order chi connectivity index (χ1) is 27.0. The first-order valence-electron chi connectivity index (χ1n) is 24.5. The molecule has 0 aromatic rings. The Morgan fingerprint density at radius 3 is 1.24 bits per heavy atom. The fourth-order valence-corrected chi connectivity index (χ4v) is 7.51. The van der Waals surface area contributed by atoms with Crippen LogP contribution in [0.4, 0.5) is 0 Å². The van der Waals surface area contributed by atoms with Crippen LogP contribution in [0.3, 0.4) is 0 Å². The number of esters is 1. The van der Waals surface area contributed by atoms with Gasteiger partial charge >= 0.3 is 5.97 Å². The third-order valence-electron chi connectivity index (χ3n) is 11.3. The number of amides is 1.